The Balaban J connectivity index is 0.00000338. The predicted molar refractivity (Wildman–Crippen MR) is 108 cm³/mol. The Morgan fingerprint density at radius 2 is 1.69 bits per heavy atom. The standard InChI is InChI=1S/C20H25N3O2.ClH/c1-3-13-23(19(24)14-16-9-11-17(21)12-10-16)15(2)20(25)22-18-7-5-4-6-8-18;/h4-12,15H,3,13-14,21H2,1-2H3,(H,22,25);1H. The van der Waals surface area contributed by atoms with Crippen molar-refractivity contribution in [3.8, 4) is 0 Å². The van der Waals surface area contributed by atoms with E-state index in [4.69, 9.17) is 5.73 Å². The molecule has 0 fully saturated rings. The smallest absolute Gasteiger partial charge is 0.246 e. The van der Waals surface area contributed by atoms with Crippen molar-refractivity contribution >= 4 is 35.6 Å². The molecule has 0 aliphatic rings. The van der Waals surface area contributed by atoms with Crippen LogP contribution in [-0.2, 0) is 16.0 Å². The van der Waals surface area contributed by atoms with Gasteiger partial charge in [-0.05, 0) is 43.2 Å². The highest BCUT2D eigenvalue weighted by atomic mass is 35.5. The van der Waals surface area contributed by atoms with Crippen LogP contribution < -0.4 is 11.1 Å². The summed E-state index contributed by atoms with van der Waals surface area (Å²) in [6.07, 6.45) is 1.04. The fraction of sp³-hybridized carbons (Fsp3) is 0.300. The number of carbonyl (C=O) groups excluding carboxylic acids is 2. The van der Waals surface area contributed by atoms with Gasteiger partial charge in [0.15, 0.2) is 0 Å². The van der Waals surface area contributed by atoms with Gasteiger partial charge < -0.3 is 16.0 Å². The number of halogens is 1. The predicted octanol–water partition coefficient (Wildman–Crippen LogP) is 3.50. The lowest BCUT2D eigenvalue weighted by Crippen LogP contribution is -2.46. The van der Waals surface area contributed by atoms with Crippen LogP contribution in [0.5, 0.6) is 0 Å². The first-order chi connectivity index (χ1) is 12.0. The second-order valence-electron chi connectivity index (χ2n) is 6.04. The van der Waals surface area contributed by atoms with Gasteiger partial charge in [0.25, 0.3) is 0 Å². The largest absolute Gasteiger partial charge is 0.399 e. The first-order valence-electron chi connectivity index (χ1n) is 8.51. The number of rotatable bonds is 7. The van der Waals surface area contributed by atoms with E-state index in [0.717, 1.165) is 17.7 Å². The van der Waals surface area contributed by atoms with Crippen LogP contribution in [0.2, 0.25) is 0 Å². The van der Waals surface area contributed by atoms with Crippen molar-refractivity contribution in [1.29, 1.82) is 0 Å². The maximum absolute atomic E-state index is 12.7. The molecule has 0 aliphatic carbocycles. The molecular weight excluding hydrogens is 350 g/mol. The number of nitrogens with two attached hydrogens (primary N) is 1. The monoisotopic (exact) mass is 375 g/mol. The number of anilines is 2. The third kappa shape index (κ3) is 6.08. The fourth-order valence-electron chi connectivity index (χ4n) is 2.60. The molecule has 26 heavy (non-hydrogen) atoms. The second kappa shape index (κ2) is 10.5. The topological polar surface area (TPSA) is 75.4 Å². The van der Waals surface area contributed by atoms with E-state index in [1.165, 1.54) is 0 Å². The van der Waals surface area contributed by atoms with Crippen molar-refractivity contribution in [2.24, 2.45) is 0 Å². The van der Waals surface area contributed by atoms with Crippen LogP contribution in [0.1, 0.15) is 25.8 Å². The van der Waals surface area contributed by atoms with Gasteiger partial charge in [0.05, 0.1) is 6.42 Å². The summed E-state index contributed by atoms with van der Waals surface area (Å²) in [5.74, 6) is -0.257. The number of nitrogens with one attached hydrogen (secondary N) is 1. The molecule has 5 nitrogen and oxygen atoms in total. The van der Waals surface area contributed by atoms with Gasteiger partial charge in [-0.25, -0.2) is 0 Å². The van der Waals surface area contributed by atoms with Crippen LogP contribution in [0.4, 0.5) is 11.4 Å². The summed E-state index contributed by atoms with van der Waals surface area (Å²) in [6, 6.07) is 15.9. The summed E-state index contributed by atoms with van der Waals surface area (Å²) in [5, 5.41) is 2.86. The summed E-state index contributed by atoms with van der Waals surface area (Å²) in [6.45, 7) is 4.29. The maximum atomic E-state index is 12.7. The Morgan fingerprint density at radius 1 is 1.08 bits per heavy atom. The van der Waals surface area contributed by atoms with Gasteiger partial charge in [0.1, 0.15) is 6.04 Å². The van der Waals surface area contributed by atoms with Crippen molar-refractivity contribution in [1.82, 2.24) is 4.90 Å². The van der Waals surface area contributed by atoms with Gasteiger partial charge >= 0.3 is 0 Å². The zero-order valence-electron chi connectivity index (χ0n) is 15.1. The quantitative estimate of drug-likeness (QED) is 0.727. The summed E-state index contributed by atoms with van der Waals surface area (Å²) in [7, 11) is 0. The van der Waals surface area contributed by atoms with Crippen molar-refractivity contribution in [3.05, 3.63) is 60.2 Å². The molecule has 6 heteroatoms. The minimum absolute atomic E-state index is 0. The molecule has 0 saturated carbocycles. The SMILES string of the molecule is CCCN(C(=O)Cc1ccc(N)cc1)C(C)C(=O)Nc1ccccc1.Cl. The minimum Gasteiger partial charge on any atom is -0.399 e. The van der Waals surface area contributed by atoms with Crippen LogP contribution in [0.3, 0.4) is 0 Å². The summed E-state index contributed by atoms with van der Waals surface area (Å²) >= 11 is 0. The van der Waals surface area contributed by atoms with Crippen LogP contribution in [-0.4, -0.2) is 29.3 Å². The van der Waals surface area contributed by atoms with E-state index in [-0.39, 0.29) is 30.6 Å². The molecule has 0 aromatic heterocycles. The van der Waals surface area contributed by atoms with E-state index in [1.54, 1.807) is 24.0 Å². The highest BCUT2D eigenvalue weighted by Crippen LogP contribution is 2.12. The Kier molecular flexibility index (Phi) is 8.65. The molecule has 0 radical (unpaired) electrons. The molecule has 3 N–H and O–H groups in total. The first kappa shape index (κ1) is 21.5. The van der Waals surface area contributed by atoms with Gasteiger partial charge in [0.2, 0.25) is 11.8 Å². The molecule has 140 valence electrons. The second-order valence-corrected chi connectivity index (χ2v) is 6.04. The molecule has 2 amide bonds. The average molecular weight is 376 g/mol. The molecule has 0 heterocycles. The number of benzene rings is 2. The van der Waals surface area contributed by atoms with Crippen LogP contribution >= 0.6 is 12.4 Å². The Hall–Kier alpha value is -2.53. The Labute approximate surface area is 161 Å². The van der Waals surface area contributed by atoms with Crippen molar-refractivity contribution in [3.63, 3.8) is 0 Å². The lowest BCUT2D eigenvalue weighted by atomic mass is 10.1. The van der Waals surface area contributed by atoms with Crippen molar-refractivity contribution < 1.29 is 9.59 Å². The van der Waals surface area contributed by atoms with E-state index in [2.05, 4.69) is 5.32 Å². The van der Waals surface area contributed by atoms with Crippen LogP contribution in [0, 0.1) is 0 Å². The molecule has 0 spiro atoms. The van der Waals surface area contributed by atoms with E-state index in [9.17, 15) is 9.59 Å². The number of nitrogen functional groups attached to an aromatic ring is 1. The third-order valence-corrected chi connectivity index (χ3v) is 4.01. The minimum atomic E-state index is -0.540. The lowest BCUT2D eigenvalue weighted by Gasteiger charge is -2.28. The highest BCUT2D eigenvalue weighted by molar-refractivity contribution is 5.97. The summed E-state index contributed by atoms with van der Waals surface area (Å²) < 4.78 is 0. The molecule has 2 rings (SSSR count). The molecule has 1 atom stereocenters. The number of para-hydroxylation sites is 1. The number of carbonyl (C=O) groups is 2. The van der Waals surface area contributed by atoms with Gasteiger partial charge in [-0.3, -0.25) is 9.59 Å². The summed E-state index contributed by atoms with van der Waals surface area (Å²) in [4.78, 5) is 26.8. The van der Waals surface area contributed by atoms with Gasteiger partial charge in [-0.2, -0.15) is 0 Å². The molecule has 2 aromatic carbocycles. The molecule has 0 aliphatic heterocycles. The number of amides is 2. The van der Waals surface area contributed by atoms with E-state index in [0.29, 0.717) is 12.2 Å². The highest BCUT2D eigenvalue weighted by Gasteiger charge is 2.25. The van der Waals surface area contributed by atoms with Crippen molar-refractivity contribution in [2.75, 3.05) is 17.6 Å². The number of nitrogens with zero attached hydrogens (tertiary/aromatic N) is 1. The number of hydrogen-bond donors (Lipinski definition) is 2. The van der Waals surface area contributed by atoms with Gasteiger partial charge in [0, 0.05) is 17.9 Å². The van der Waals surface area contributed by atoms with E-state index < -0.39 is 6.04 Å². The van der Waals surface area contributed by atoms with Crippen molar-refractivity contribution in [2.45, 2.75) is 32.7 Å². The first-order valence-corrected chi connectivity index (χ1v) is 8.51. The Bertz CT molecular complexity index is 705. The lowest BCUT2D eigenvalue weighted by molar-refractivity contribution is -0.137. The summed E-state index contributed by atoms with van der Waals surface area (Å²) in [5.41, 5.74) is 7.95. The molecule has 0 saturated heterocycles. The van der Waals surface area contributed by atoms with Crippen LogP contribution in [0.25, 0.3) is 0 Å². The van der Waals surface area contributed by atoms with E-state index in [1.807, 2.05) is 49.4 Å². The number of hydrogen-bond acceptors (Lipinski definition) is 3. The molecule has 1 unspecified atom stereocenters. The van der Waals surface area contributed by atoms with Gasteiger partial charge in [-0.1, -0.05) is 37.3 Å². The van der Waals surface area contributed by atoms with Gasteiger partial charge in [-0.15, -0.1) is 12.4 Å². The average Bonchev–Trinajstić information content (AvgIpc) is 2.61. The zero-order valence-corrected chi connectivity index (χ0v) is 16.0. The molecule has 0 bridgehead atoms. The Morgan fingerprint density at radius 3 is 2.27 bits per heavy atom. The van der Waals surface area contributed by atoms with Crippen LogP contribution in [0.15, 0.2) is 54.6 Å². The fourth-order valence-corrected chi connectivity index (χ4v) is 2.60. The molecular formula is C20H26ClN3O2. The third-order valence-electron chi connectivity index (χ3n) is 4.01. The normalized spacial score (nSPS) is 11.2. The zero-order chi connectivity index (χ0) is 18.2. The van der Waals surface area contributed by atoms with E-state index >= 15 is 0 Å². The maximum Gasteiger partial charge on any atom is 0.246 e. The molecule has 2 aromatic rings.